The van der Waals surface area contributed by atoms with Crippen LogP contribution in [0.4, 0.5) is 4.79 Å². The number of hydrogen-bond acceptors (Lipinski definition) is 3. The molecule has 0 spiro atoms. The van der Waals surface area contributed by atoms with Crippen LogP contribution in [0.2, 0.25) is 0 Å². The number of carbonyl (C=O) groups is 1. The Morgan fingerprint density at radius 3 is 2.95 bits per heavy atom. The fraction of sp³-hybridized carbons (Fsp3) is 0.562. The van der Waals surface area contributed by atoms with E-state index < -0.39 is 0 Å². The predicted molar refractivity (Wildman–Crippen MR) is 83.0 cm³/mol. The summed E-state index contributed by atoms with van der Waals surface area (Å²) in [6.07, 6.45) is 0.307. The molecule has 1 aliphatic rings. The van der Waals surface area contributed by atoms with E-state index in [4.69, 9.17) is 4.74 Å². The molecule has 2 rings (SSSR count). The largest absolute Gasteiger partial charge is 0.376 e. The van der Waals surface area contributed by atoms with E-state index in [0.717, 1.165) is 31.8 Å². The standard InChI is InChI=1S/C16H25N3O2/c1-3-17-16(20)18-10-14-5-4-6-15(9-14)12-19-7-8-21-13(2)11-19/h4-6,9,13H,3,7-8,10-12H2,1-2H3,(H2,17,18,20). The quantitative estimate of drug-likeness (QED) is 0.868. The molecule has 1 aromatic carbocycles. The smallest absolute Gasteiger partial charge is 0.315 e. The van der Waals surface area contributed by atoms with Crippen LogP contribution in [0.15, 0.2) is 24.3 Å². The lowest BCUT2D eigenvalue weighted by Gasteiger charge is -2.31. The van der Waals surface area contributed by atoms with E-state index in [1.807, 2.05) is 19.1 Å². The maximum atomic E-state index is 11.4. The first-order valence-electron chi connectivity index (χ1n) is 7.61. The van der Waals surface area contributed by atoms with Gasteiger partial charge in [-0.1, -0.05) is 24.3 Å². The Labute approximate surface area is 126 Å². The van der Waals surface area contributed by atoms with Gasteiger partial charge in [0.2, 0.25) is 0 Å². The molecule has 2 amide bonds. The number of carbonyl (C=O) groups excluding carboxylic acids is 1. The third-order valence-corrected chi connectivity index (χ3v) is 3.51. The van der Waals surface area contributed by atoms with Crippen molar-refractivity contribution in [2.75, 3.05) is 26.2 Å². The number of urea groups is 1. The number of hydrogen-bond donors (Lipinski definition) is 2. The Hall–Kier alpha value is -1.59. The number of rotatable bonds is 5. The van der Waals surface area contributed by atoms with E-state index >= 15 is 0 Å². The van der Waals surface area contributed by atoms with Crippen LogP contribution in [0.25, 0.3) is 0 Å². The molecular weight excluding hydrogens is 266 g/mol. The summed E-state index contributed by atoms with van der Waals surface area (Å²) in [7, 11) is 0. The van der Waals surface area contributed by atoms with Gasteiger partial charge in [0.15, 0.2) is 0 Å². The molecular formula is C16H25N3O2. The zero-order valence-electron chi connectivity index (χ0n) is 12.9. The lowest BCUT2D eigenvalue weighted by atomic mass is 10.1. The Morgan fingerprint density at radius 2 is 2.19 bits per heavy atom. The van der Waals surface area contributed by atoms with Crippen LogP contribution in [0.1, 0.15) is 25.0 Å². The average Bonchev–Trinajstić information content (AvgIpc) is 2.46. The molecule has 1 aliphatic heterocycles. The van der Waals surface area contributed by atoms with Gasteiger partial charge in [0.05, 0.1) is 12.7 Å². The van der Waals surface area contributed by atoms with Crippen molar-refractivity contribution in [2.45, 2.75) is 33.0 Å². The molecule has 5 nitrogen and oxygen atoms in total. The summed E-state index contributed by atoms with van der Waals surface area (Å²) in [6.45, 7) is 8.90. The van der Waals surface area contributed by atoms with Crippen molar-refractivity contribution in [1.82, 2.24) is 15.5 Å². The second-order valence-electron chi connectivity index (χ2n) is 5.45. The highest BCUT2D eigenvalue weighted by Crippen LogP contribution is 2.12. The molecule has 0 bridgehead atoms. The highest BCUT2D eigenvalue weighted by atomic mass is 16.5. The van der Waals surface area contributed by atoms with Gasteiger partial charge < -0.3 is 15.4 Å². The molecule has 5 heteroatoms. The first kappa shape index (κ1) is 15.8. The van der Waals surface area contributed by atoms with Gasteiger partial charge >= 0.3 is 6.03 Å². The fourth-order valence-electron chi connectivity index (χ4n) is 2.54. The van der Waals surface area contributed by atoms with Crippen LogP contribution < -0.4 is 10.6 Å². The van der Waals surface area contributed by atoms with Crippen LogP contribution >= 0.6 is 0 Å². The van der Waals surface area contributed by atoms with Gasteiger partial charge in [0.1, 0.15) is 0 Å². The first-order valence-corrected chi connectivity index (χ1v) is 7.61. The third kappa shape index (κ3) is 5.36. The van der Waals surface area contributed by atoms with Gasteiger partial charge in [0, 0.05) is 32.7 Å². The van der Waals surface area contributed by atoms with E-state index in [2.05, 4.69) is 34.6 Å². The monoisotopic (exact) mass is 291 g/mol. The SMILES string of the molecule is CCNC(=O)NCc1cccc(CN2CCOC(C)C2)c1. The minimum Gasteiger partial charge on any atom is -0.376 e. The molecule has 0 saturated carbocycles. The average molecular weight is 291 g/mol. The third-order valence-electron chi connectivity index (χ3n) is 3.51. The lowest BCUT2D eigenvalue weighted by molar-refractivity contribution is -0.0212. The molecule has 1 fully saturated rings. The van der Waals surface area contributed by atoms with Crippen LogP contribution in [0.5, 0.6) is 0 Å². The van der Waals surface area contributed by atoms with Gasteiger partial charge in [-0.15, -0.1) is 0 Å². The lowest BCUT2D eigenvalue weighted by Crippen LogP contribution is -2.40. The van der Waals surface area contributed by atoms with E-state index in [0.29, 0.717) is 19.2 Å². The molecule has 1 heterocycles. The van der Waals surface area contributed by atoms with Gasteiger partial charge in [-0.2, -0.15) is 0 Å². The zero-order valence-corrected chi connectivity index (χ0v) is 12.9. The van der Waals surface area contributed by atoms with Crippen molar-refractivity contribution < 1.29 is 9.53 Å². The van der Waals surface area contributed by atoms with Crippen molar-refractivity contribution >= 4 is 6.03 Å². The summed E-state index contributed by atoms with van der Waals surface area (Å²) in [5.41, 5.74) is 2.40. The Morgan fingerprint density at radius 1 is 1.38 bits per heavy atom. The van der Waals surface area contributed by atoms with Crippen LogP contribution in [-0.4, -0.2) is 43.3 Å². The summed E-state index contributed by atoms with van der Waals surface area (Å²) in [5.74, 6) is 0. The number of nitrogens with one attached hydrogen (secondary N) is 2. The van der Waals surface area contributed by atoms with Gasteiger partial charge in [0.25, 0.3) is 0 Å². The first-order chi connectivity index (χ1) is 10.2. The number of amides is 2. The van der Waals surface area contributed by atoms with Crippen LogP contribution in [0.3, 0.4) is 0 Å². The molecule has 1 unspecified atom stereocenters. The summed E-state index contributed by atoms with van der Waals surface area (Å²) < 4.78 is 5.56. The van der Waals surface area contributed by atoms with Gasteiger partial charge in [-0.05, 0) is 25.0 Å². The maximum Gasteiger partial charge on any atom is 0.315 e. The van der Waals surface area contributed by atoms with Crippen molar-refractivity contribution in [3.05, 3.63) is 35.4 Å². The molecule has 21 heavy (non-hydrogen) atoms. The Balaban J connectivity index is 1.86. The second kappa shape index (κ2) is 8.00. The minimum absolute atomic E-state index is 0.120. The molecule has 116 valence electrons. The number of morpholine rings is 1. The van der Waals surface area contributed by atoms with Crippen molar-refractivity contribution in [3.8, 4) is 0 Å². The second-order valence-corrected chi connectivity index (χ2v) is 5.45. The predicted octanol–water partition coefficient (Wildman–Crippen LogP) is 1.73. The van der Waals surface area contributed by atoms with Crippen LogP contribution in [-0.2, 0) is 17.8 Å². The van der Waals surface area contributed by atoms with Gasteiger partial charge in [-0.3, -0.25) is 4.90 Å². The highest BCUT2D eigenvalue weighted by Gasteiger charge is 2.16. The van der Waals surface area contributed by atoms with E-state index in [1.54, 1.807) is 0 Å². The maximum absolute atomic E-state index is 11.4. The number of nitrogens with zero attached hydrogens (tertiary/aromatic N) is 1. The molecule has 0 aromatic heterocycles. The van der Waals surface area contributed by atoms with Gasteiger partial charge in [-0.25, -0.2) is 4.79 Å². The van der Waals surface area contributed by atoms with Crippen molar-refractivity contribution in [1.29, 1.82) is 0 Å². The summed E-state index contributed by atoms with van der Waals surface area (Å²) in [6, 6.07) is 8.26. The van der Waals surface area contributed by atoms with Crippen molar-refractivity contribution in [2.24, 2.45) is 0 Å². The zero-order chi connectivity index (χ0) is 15.1. The number of benzene rings is 1. The summed E-state index contributed by atoms with van der Waals surface area (Å²) in [4.78, 5) is 13.8. The number of ether oxygens (including phenoxy) is 1. The highest BCUT2D eigenvalue weighted by molar-refractivity contribution is 5.73. The molecule has 0 radical (unpaired) electrons. The summed E-state index contributed by atoms with van der Waals surface area (Å²) in [5, 5.41) is 5.58. The molecule has 1 aromatic rings. The Bertz CT molecular complexity index is 465. The van der Waals surface area contributed by atoms with E-state index in [9.17, 15) is 4.79 Å². The molecule has 1 atom stereocenters. The normalized spacial score (nSPS) is 19.2. The Kier molecular flexibility index (Phi) is 6.02. The molecule has 2 N–H and O–H groups in total. The summed E-state index contributed by atoms with van der Waals surface area (Å²) >= 11 is 0. The van der Waals surface area contributed by atoms with Crippen LogP contribution in [0, 0.1) is 0 Å². The van der Waals surface area contributed by atoms with E-state index in [1.165, 1.54) is 5.56 Å². The topological polar surface area (TPSA) is 53.6 Å². The van der Waals surface area contributed by atoms with Crippen molar-refractivity contribution in [3.63, 3.8) is 0 Å². The van der Waals surface area contributed by atoms with E-state index in [-0.39, 0.29) is 6.03 Å². The minimum atomic E-state index is -0.120. The fourth-order valence-corrected chi connectivity index (χ4v) is 2.54. The molecule has 1 saturated heterocycles. The molecule has 0 aliphatic carbocycles.